The highest BCUT2D eigenvalue weighted by molar-refractivity contribution is 6.00. The second kappa shape index (κ2) is 7.51. The maximum absolute atomic E-state index is 13.2. The number of amides is 2. The van der Waals surface area contributed by atoms with Crippen LogP contribution in [0.5, 0.6) is 0 Å². The summed E-state index contributed by atoms with van der Waals surface area (Å²) in [6.07, 6.45) is 0. The number of carbonyl (C=O) groups is 2. The second-order valence-corrected chi connectivity index (χ2v) is 7.36. The first-order chi connectivity index (χ1) is 11.7. The Hall–Kier alpha value is -2.62. The average molecular weight is 338 g/mol. The van der Waals surface area contributed by atoms with Crippen LogP contribution in [0.15, 0.2) is 54.6 Å². The van der Waals surface area contributed by atoms with Gasteiger partial charge in [0.15, 0.2) is 0 Å². The molecule has 0 spiro atoms. The first-order valence-electron chi connectivity index (χ1n) is 8.51. The minimum absolute atomic E-state index is 0.207. The molecule has 0 saturated heterocycles. The maximum Gasteiger partial charge on any atom is 0.273 e. The van der Waals surface area contributed by atoms with E-state index in [4.69, 9.17) is 0 Å². The molecule has 0 unspecified atom stereocenters. The summed E-state index contributed by atoms with van der Waals surface area (Å²) in [5, 5.41) is 1.42. The first kappa shape index (κ1) is 18.7. The SMILES string of the molecule is CC(C)c1ccccc1C(=O)N(NC(=O)c1ccccc1)C(C)(C)C. The lowest BCUT2D eigenvalue weighted by Crippen LogP contribution is -2.56. The van der Waals surface area contributed by atoms with Crippen molar-refractivity contribution in [3.05, 3.63) is 71.3 Å². The Kier molecular flexibility index (Phi) is 5.62. The normalized spacial score (nSPS) is 11.3. The van der Waals surface area contributed by atoms with Crippen LogP contribution in [0.3, 0.4) is 0 Å². The third-order valence-electron chi connectivity index (χ3n) is 3.94. The molecule has 0 bridgehead atoms. The zero-order valence-electron chi connectivity index (χ0n) is 15.5. The van der Waals surface area contributed by atoms with Crippen LogP contribution < -0.4 is 5.43 Å². The smallest absolute Gasteiger partial charge is 0.267 e. The summed E-state index contributed by atoms with van der Waals surface area (Å²) in [5.74, 6) is -0.293. The van der Waals surface area contributed by atoms with Crippen molar-refractivity contribution < 1.29 is 9.59 Å². The molecular weight excluding hydrogens is 312 g/mol. The van der Waals surface area contributed by atoms with Crippen molar-refractivity contribution in [1.29, 1.82) is 0 Å². The maximum atomic E-state index is 13.2. The zero-order valence-corrected chi connectivity index (χ0v) is 15.5. The molecule has 0 aliphatic rings. The van der Waals surface area contributed by atoms with Gasteiger partial charge in [-0.25, -0.2) is 5.01 Å². The van der Waals surface area contributed by atoms with Crippen LogP contribution >= 0.6 is 0 Å². The van der Waals surface area contributed by atoms with Gasteiger partial charge in [-0.15, -0.1) is 0 Å². The highest BCUT2D eigenvalue weighted by Gasteiger charge is 2.31. The number of nitrogens with zero attached hydrogens (tertiary/aromatic N) is 1. The number of benzene rings is 2. The lowest BCUT2D eigenvalue weighted by atomic mass is 9.95. The number of hydrogen-bond acceptors (Lipinski definition) is 2. The van der Waals surface area contributed by atoms with Crippen molar-refractivity contribution in [2.45, 2.75) is 46.1 Å². The Morgan fingerprint density at radius 3 is 2.04 bits per heavy atom. The van der Waals surface area contributed by atoms with Crippen LogP contribution in [-0.4, -0.2) is 22.4 Å². The van der Waals surface area contributed by atoms with E-state index in [0.29, 0.717) is 11.1 Å². The molecule has 2 rings (SSSR count). The molecule has 0 aliphatic heterocycles. The monoisotopic (exact) mass is 338 g/mol. The van der Waals surface area contributed by atoms with E-state index in [2.05, 4.69) is 19.3 Å². The third kappa shape index (κ3) is 4.47. The Morgan fingerprint density at radius 2 is 1.48 bits per heavy atom. The largest absolute Gasteiger partial charge is 0.273 e. The molecule has 132 valence electrons. The van der Waals surface area contributed by atoms with Crippen LogP contribution in [-0.2, 0) is 0 Å². The molecule has 1 N–H and O–H groups in total. The van der Waals surface area contributed by atoms with E-state index in [9.17, 15) is 9.59 Å². The summed E-state index contributed by atoms with van der Waals surface area (Å²) in [6, 6.07) is 16.4. The Labute approximate surface area is 149 Å². The van der Waals surface area contributed by atoms with Crippen LogP contribution in [0.2, 0.25) is 0 Å². The highest BCUT2D eigenvalue weighted by Crippen LogP contribution is 2.23. The molecule has 0 atom stereocenters. The van der Waals surface area contributed by atoms with Crippen molar-refractivity contribution in [3.63, 3.8) is 0 Å². The van der Waals surface area contributed by atoms with Gasteiger partial charge in [0.2, 0.25) is 0 Å². The minimum Gasteiger partial charge on any atom is -0.267 e. The number of nitrogens with one attached hydrogen (secondary N) is 1. The molecule has 4 heteroatoms. The minimum atomic E-state index is -0.564. The lowest BCUT2D eigenvalue weighted by Gasteiger charge is -2.36. The number of hydrazine groups is 1. The fraction of sp³-hybridized carbons (Fsp3) is 0.333. The molecule has 4 nitrogen and oxygen atoms in total. The van der Waals surface area contributed by atoms with Crippen LogP contribution in [0.1, 0.15) is 66.8 Å². The van der Waals surface area contributed by atoms with Crippen LogP contribution in [0.4, 0.5) is 0 Å². The second-order valence-electron chi connectivity index (χ2n) is 7.36. The molecule has 0 heterocycles. The van der Waals surface area contributed by atoms with Crippen LogP contribution in [0, 0.1) is 0 Å². The summed E-state index contributed by atoms with van der Waals surface area (Å²) in [7, 11) is 0. The average Bonchev–Trinajstić information content (AvgIpc) is 2.58. The van der Waals surface area contributed by atoms with E-state index in [1.165, 1.54) is 5.01 Å². The molecule has 2 aromatic rings. The Bertz CT molecular complexity index is 746. The molecular formula is C21H26N2O2. The van der Waals surface area contributed by atoms with Crippen molar-refractivity contribution in [2.75, 3.05) is 0 Å². The molecule has 2 amide bonds. The van der Waals surface area contributed by atoms with Gasteiger partial charge in [0.05, 0.1) is 5.54 Å². The van der Waals surface area contributed by atoms with E-state index < -0.39 is 5.54 Å². The van der Waals surface area contributed by atoms with Crippen molar-refractivity contribution in [3.8, 4) is 0 Å². The van der Waals surface area contributed by atoms with Gasteiger partial charge in [0, 0.05) is 11.1 Å². The number of hydrogen-bond donors (Lipinski definition) is 1. The summed E-state index contributed by atoms with van der Waals surface area (Å²) in [4.78, 5) is 25.7. The molecule has 0 saturated carbocycles. The van der Waals surface area contributed by atoms with E-state index in [0.717, 1.165) is 5.56 Å². The number of rotatable bonds is 3. The van der Waals surface area contributed by atoms with E-state index in [1.807, 2.05) is 51.1 Å². The van der Waals surface area contributed by atoms with E-state index in [-0.39, 0.29) is 17.7 Å². The van der Waals surface area contributed by atoms with Crippen molar-refractivity contribution in [1.82, 2.24) is 10.4 Å². The fourth-order valence-corrected chi connectivity index (χ4v) is 2.59. The summed E-state index contributed by atoms with van der Waals surface area (Å²) in [6.45, 7) is 9.79. The Balaban J connectivity index is 2.36. The van der Waals surface area contributed by atoms with Crippen LogP contribution in [0.25, 0.3) is 0 Å². The predicted octanol–water partition coefficient (Wildman–Crippen LogP) is 4.40. The standard InChI is InChI=1S/C21H26N2O2/c1-15(2)17-13-9-10-14-18(17)20(25)23(21(3,4)5)22-19(24)16-11-7-6-8-12-16/h6-15H,1-5H3,(H,22,24). The van der Waals surface area contributed by atoms with Gasteiger partial charge in [0.25, 0.3) is 11.8 Å². The molecule has 0 radical (unpaired) electrons. The first-order valence-corrected chi connectivity index (χ1v) is 8.51. The Morgan fingerprint density at radius 1 is 0.920 bits per heavy atom. The van der Waals surface area contributed by atoms with Gasteiger partial charge in [-0.2, -0.15) is 0 Å². The zero-order chi connectivity index (χ0) is 18.6. The van der Waals surface area contributed by atoms with Gasteiger partial charge in [0.1, 0.15) is 0 Å². The van der Waals surface area contributed by atoms with Gasteiger partial charge in [-0.1, -0.05) is 50.2 Å². The molecule has 25 heavy (non-hydrogen) atoms. The predicted molar refractivity (Wildman–Crippen MR) is 100 cm³/mol. The van der Waals surface area contributed by atoms with E-state index in [1.54, 1.807) is 24.3 Å². The van der Waals surface area contributed by atoms with Crippen molar-refractivity contribution >= 4 is 11.8 Å². The topological polar surface area (TPSA) is 49.4 Å². The molecule has 0 aromatic heterocycles. The fourth-order valence-electron chi connectivity index (χ4n) is 2.59. The number of carbonyl (C=O) groups excluding carboxylic acids is 2. The van der Waals surface area contributed by atoms with Gasteiger partial charge < -0.3 is 0 Å². The molecule has 0 aliphatic carbocycles. The summed E-state index contributed by atoms with van der Waals surface area (Å²) >= 11 is 0. The van der Waals surface area contributed by atoms with Gasteiger partial charge in [-0.05, 0) is 50.5 Å². The molecule has 2 aromatic carbocycles. The third-order valence-corrected chi connectivity index (χ3v) is 3.94. The quantitative estimate of drug-likeness (QED) is 0.844. The van der Waals surface area contributed by atoms with Crippen molar-refractivity contribution in [2.24, 2.45) is 0 Å². The van der Waals surface area contributed by atoms with E-state index >= 15 is 0 Å². The summed E-state index contributed by atoms with van der Waals surface area (Å²) in [5.41, 5.74) is 4.31. The van der Waals surface area contributed by atoms with Gasteiger partial charge >= 0.3 is 0 Å². The lowest BCUT2D eigenvalue weighted by molar-refractivity contribution is 0.0357. The highest BCUT2D eigenvalue weighted by atomic mass is 16.2. The van der Waals surface area contributed by atoms with Gasteiger partial charge in [-0.3, -0.25) is 15.0 Å². The summed E-state index contributed by atoms with van der Waals surface area (Å²) < 4.78 is 0. The molecule has 0 fully saturated rings.